The summed E-state index contributed by atoms with van der Waals surface area (Å²) in [5, 5.41) is 3.44. The average molecular weight is 244 g/mol. The zero-order valence-electron chi connectivity index (χ0n) is 8.50. The molecule has 1 rings (SSSR count). The van der Waals surface area contributed by atoms with Crippen LogP contribution < -0.4 is 5.32 Å². The minimum Gasteiger partial charge on any atom is -0.308 e. The van der Waals surface area contributed by atoms with Crippen LogP contribution in [0.4, 0.5) is 0 Å². The van der Waals surface area contributed by atoms with Crippen molar-refractivity contribution >= 4 is 17.0 Å². The number of rotatable bonds is 2. The summed E-state index contributed by atoms with van der Waals surface area (Å²) in [5.41, 5.74) is 1.54. The molecule has 0 amide bonds. The largest absolute Gasteiger partial charge is 0.308 e. The fourth-order valence-electron chi connectivity index (χ4n) is 0.963. The number of benzene rings is 1. The summed E-state index contributed by atoms with van der Waals surface area (Å²) in [7, 11) is 0. The van der Waals surface area contributed by atoms with Crippen molar-refractivity contribution in [3.05, 3.63) is 35.9 Å². The van der Waals surface area contributed by atoms with Crippen molar-refractivity contribution in [1.82, 2.24) is 5.32 Å². The van der Waals surface area contributed by atoms with Gasteiger partial charge in [0.25, 0.3) is 0 Å². The number of hydrogen-bond donors (Lipinski definition) is 1. The van der Waals surface area contributed by atoms with Gasteiger partial charge in [0.1, 0.15) is 0 Å². The van der Waals surface area contributed by atoms with E-state index in [1.54, 1.807) is 0 Å². The minimum absolute atomic E-state index is 0. The maximum atomic E-state index is 3.44. The molecular weight excluding hydrogens is 226 g/mol. The number of nitrogens with one attached hydrogen (secondary N) is 1. The summed E-state index contributed by atoms with van der Waals surface area (Å²) in [5.74, 6) is 0. The highest BCUT2D eigenvalue weighted by Gasteiger charge is 2.07. The zero-order valence-corrected chi connectivity index (χ0v) is 10.2. The van der Waals surface area contributed by atoms with Crippen molar-refractivity contribution in [1.29, 1.82) is 0 Å². The van der Waals surface area contributed by atoms with E-state index in [1.807, 2.05) is 6.07 Å². The first kappa shape index (κ1) is 12.7. The number of halogens is 1. The summed E-state index contributed by atoms with van der Waals surface area (Å²) in [6.45, 7) is 7.48. The van der Waals surface area contributed by atoms with Crippen LogP contribution in [-0.4, -0.2) is 5.54 Å². The van der Waals surface area contributed by atoms with Crippen LogP contribution in [-0.2, 0) is 6.54 Å². The highest BCUT2D eigenvalue weighted by molar-refractivity contribution is 8.93. The van der Waals surface area contributed by atoms with Crippen LogP contribution >= 0.6 is 17.0 Å². The molecule has 0 saturated heterocycles. The van der Waals surface area contributed by atoms with E-state index < -0.39 is 0 Å². The van der Waals surface area contributed by atoms with E-state index in [0.717, 1.165) is 6.54 Å². The molecule has 1 N–H and O–H groups in total. The Labute approximate surface area is 91.3 Å². The molecule has 0 spiro atoms. The molecule has 0 saturated carbocycles. The van der Waals surface area contributed by atoms with Crippen molar-refractivity contribution in [2.45, 2.75) is 32.9 Å². The molecule has 0 aliphatic heterocycles. The summed E-state index contributed by atoms with van der Waals surface area (Å²) in [4.78, 5) is 0. The lowest BCUT2D eigenvalue weighted by molar-refractivity contribution is 0.424. The molecule has 0 aromatic heterocycles. The van der Waals surface area contributed by atoms with Gasteiger partial charge in [-0.1, -0.05) is 30.3 Å². The van der Waals surface area contributed by atoms with Gasteiger partial charge < -0.3 is 5.32 Å². The SMILES string of the molecule is Br.CC(C)(C)NCc1ccccc1. The van der Waals surface area contributed by atoms with Gasteiger partial charge in [0.2, 0.25) is 0 Å². The lowest BCUT2D eigenvalue weighted by Crippen LogP contribution is -2.34. The van der Waals surface area contributed by atoms with Gasteiger partial charge in [-0.25, -0.2) is 0 Å². The van der Waals surface area contributed by atoms with Crippen molar-refractivity contribution in [2.75, 3.05) is 0 Å². The maximum Gasteiger partial charge on any atom is 0.0210 e. The molecule has 1 aromatic carbocycles. The molecule has 0 radical (unpaired) electrons. The first-order valence-corrected chi connectivity index (χ1v) is 4.37. The molecule has 1 aromatic rings. The normalized spacial score (nSPS) is 10.7. The Morgan fingerprint density at radius 2 is 1.62 bits per heavy atom. The van der Waals surface area contributed by atoms with E-state index in [4.69, 9.17) is 0 Å². The van der Waals surface area contributed by atoms with Gasteiger partial charge in [-0.3, -0.25) is 0 Å². The molecule has 74 valence electrons. The second-order valence-electron chi connectivity index (χ2n) is 4.09. The predicted molar refractivity (Wildman–Crippen MR) is 63.4 cm³/mol. The average Bonchev–Trinajstić information content (AvgIpc) is 2.02. The van der Waals surface area contributed by atoms with Gasteiger partial charge in [-0.2, -0.15) is 0 Å². The summed E-state index contributed by atoms with van der Waals surface area (Å²) >= 11 is 0. The third-order valence-corrected chi connectivity index (χ3v) is 1.67. The van der Waals surface area contributed by atoms with E-state index in [1.165, 1.54) is 5.56 Å². The topological polar surface area (TPSA) is 12.0 Å². The fourth-order valence-corrected chi connectivity index (χ4v) is 0.963. The van der Waals surface area contributed by atoms with E-state index in [2.05, 4.69) is 50.4 Å². The van der Waals surface area contributed by atoms with E-state index in [-0.39, 0.29) is 22.5 Å². The Hall–Kier alpha value is -0.340. The van der Waals surface area contributed by atoms with Crippen LogP contribution in [0.2, 0.25) is 0 Å². The van der Waals surface area contributed by atoms with E-state index in [9.17, 15) is 0 Å². The molecular formula is C11H18BrN. The maximum absolute atomic E-state index is 3.44. The number of hydrogen-bond acceptors (Lipinski definition) is 1. The Bertz CT molecular complexity index is 226. The standard InChI is InChI=1S/C11H17N.BrH/c1-11(2,3)12-9-10-7-5-4-6-8-10;/h4-8,12H,9H2,1-3H3;1H. The third kappa shape index (κ3) is 5.83. The Morgan fingerprint density at radius 1 is 1.08 bits per heavy atom. The molecule has 0 aliphatic rings. The summed E-state index contributed by atoms with van der Waals surface area (Å²) in [6, 6.07) is 10.5. The third-order valence-electron chi connectivity index (χ3n) is 1.67. The zero-order chi connectivity index (χ0) is 9.03. The van der Waals surface area contributed by atoms with Gasteiger partial charge in [0.05, 0.1) is 0 Å². The second kappa shape index (κ2) is 5.40. The quantitative estimate of drug-likeness (QED) is 0.842. The van der Waals surface area contributed by atoms with Crippen LogP contribution in [0.15, 0.2) is 30.3 Å². The molecule has 1 nitrogen and oxygen atoms in total. The molecule has 0 fully saturated rings. The minimum atomic E-state index is 0. The smallest absolute Gasteiger partial charge is 0.0210 e. The van der Waals surface area contributed by atoms with Crippen molar-refractivity contribution in [3.63, 3.8) is 0 Å². The van der Waals surface area contributed by atoms with E-state index >= 15 is 0 Å². The summed E-state index contributed by atoms with van der Waals surface area (Å²) in [6.07, 6.45) is 0. The lowest BCUT2D eigenvalue weighted by atomic mass is 10.1. The Balaban J connectivity index is 0.00000144. The molecule has 0 unspecified atom stereocenters. The van der Waals surface area contributed by atoms with Gasteiger partial charge in [-0.05, 0) is 26.3 Å². The molecule has 13 heavy (non-hydrogen) atoms. The van der Waals surface area contributed by atoms with Crippen molar-refractivity contribution in [3.8, 4) is 0 Å². The highest BCUT2D eigenvalue weighted by Crippen LogP contribution is 2.03. The fraction of sp³-hybridized carbons (Fsp3) is 0.455. The first-order valence-electron chi connectivity index (χ1n) is 4.37. The van der Waals surface area contributed by atoms with Crippen molar-refractivity contribution in [2.24, 2.45) is 0 Å². The predicted octanol–water partition coefficient (Wildman–Crippen LogP) is 3.15. The van der Waals surface area contributed by atoms with Crippen LogP contribution in [0.5, 0.6) is 0 Å². The second-order valence-corrected chi connectivity index (χ2v) is 4.09. The van der Waals surface area contributed by atoms with Crippen LogP contribution in [0, 0.1) is 0 Å². The lowest BCUT2D eigenvalue weighted by Gasteiger charge is -2.20. The van der Waals surface area contributed by atoms with E-state index in [0.29, 0.717) is 0 Å². The van der Waals surface area contributed by atoms with Crippen LogP contribution in [0.25, 0.3) is 0 Å². The molecule has 0 bridgehead atoms. The van der Waals surface area contributed by atoms with Gasteiger partial charge in [0.15, 0.2) is 0 Å². The van der Waals surface area contributed by atoms with Crippen LogP contribution in [0.1, 0.15) is 26.3 Å². The first-order chi connectivity index (χ1) is 5.58. The molecule has 2 heteroatoms. The van der Waals surface area contributed by atoms with Gasteiger partial charge in [0, 0.05) is 12.1 Å². The highest BCUT2D eigenvalue weighted by atomic mass is 79.9. The monoisotopic (exact) mass is 243 g/mol. The van der Waals surface area contributed by atoms with Gasteiger partial charge >= 0.3 is 0 Å². The molecule has 0 aliphatic carbocycles. The Kier molecular flexibility index (Phi) is 5.26. The Morgan fingerprint density at radius 3 is 2.08 bits per heavy atom. The molecule has 0 heterocycles. The summed E-state index contributed by atoms with van der Waals surface area (Å²) < 4.78 is 0. The van der Waals surface area contributed by atoms with Crippen molar-refractivity contribution < 1.29 is 0 Å². The van der Waals surface area contributed by atoms with Gasteiger partial charge in [-0.15, -0.1) is 17.0 Å². The van der Waals surface area contributed by atoms with Crippen LogP contribution in [0.3, 0.4) is 0 Å². The molecule has 0 atom stereocenters.